The fraction of sp³-hybridized carbons (Fsp3) is 0.444. The number of ether oxygens (including phenoxy) is 2. The van der Waals surface area contributed by atoms with Crippen LogP contribution in [0.25, 0.3) is 6.08 Å². The smallest absolute Gasteiger partial charge is 0.286 e. The van der Waals surface area contributed by atoms with E-state index in [4.69, 9.17) is 9.47 Å². The third-order valence-electron chi connectivity index (χ3n) is 4.38. The maximum Gasteiger partial charge on any atom is 0.286 e. The lowest BCUT2D eigenvalue weighted by molar-refractivity contribution is -0.113. The summed E-state index contributed by atoms with van der Waals surface area (Å²) in [6.07, 6.45) is 5.38. The number of nitrogens with zero attached hydrogens (tertiary/aromatic N) is 2. The Balaban J connectivity index is 1.84. The first-order valence-corrected chi connectivity index (χ1v) is 8.95. The summed E-state index contributed by atoms with van der Waals surface area (Å²) in [6.45, 7) is 3.16. The van der Waals surface area contributed by atoms with Crippen molar-refractivity contribution >= 4 is 28.9 Å². The van der Waals surface area contributed by atoms with Crippen molar-refractivity contribution in [3.05, 3.63) is 28.7 Å². The molecule has 0 bridgehead atoms. The third-order valence-corrected chi connectivity index (χ3v) is 5.40. The second kappa shape index (κ2) is 7.30. The van der Waals surface area contributed by atoms with Gasteiger partial charge in [-0.15, -0.1) is 0 Å². The van der Waals surface area contributed by atoms with Crippen LogP contribution in [0.15, 0.2) is 28.1 Å². The molecule has 1 aromatic carbocycles. The number of thioether (sulfide) groups is 1. The van der Waals surface area contributed by atoms with Gasteiger partial charge < -0.3 is 14.4 Å². The molecule has 1 fully saturated rings. The van der Waals surface area contributed by atoms with Gasteiger partial charge in [-0.3, -0.25) is 4.79 Å². The molecule has 2 aliphatic heterocycles. The van der Waals surface area contributed by atoms with Crippen molar-refractivity contribution in [1.29, 1.82) is 0 Å². The van der Waals surface area contributed by atoms with Gasteiger partial charge in [0, 0.05) is 18.2 Å². The van der Waals surface area contributed by atoms with Crippen LogP contribution in [-0.2, 0) is 4.79 Å². The van der Waals surface area contributed by atoms with E-state index in [0.717, 1.165) is 35.9 Å². The summed E-state index contributed by atoms with van der Waals surface area (Å²) in [7, 11) is 3.23. The number of rotatable bonds is 3. The van der Waals surface area contributed by atoms with Crippen molar-refractivity contribution in [1.82, 2.24) is 4.90 Å². The Morgan fingerprint density at radius 3 is 2.83 bits per heavy atom. The van der Waals surface area contributed by atoms with E-state index in [1.165, 1.54) is 18.2 Å². The van der Waals surface area contributed by atoms with Gasteiger partial charge >= 0.3 is 0 Å². The first kappa shape index (κ1) is 16.9. The van der Waals surface area contributed by atoms with Crippen LogP contribution < -0.4 is 9.47 Å². The van der Waals surface area contributed by atoms with Gasteiger partial charge in [0.05, 0.1) is 19.1 Å². The van der Waals surface area contributed by atoms with Gasteiger partial charge in [-0.2, -0.15) is 4.99 Å². The zero-order valence-corrected chi connectivity index (χ0v) is 15.1. The van der Waals surface area contributed by atoms with Crippen molar-refractivity contribution in [3.8, 4) is 11.5 Å². The molecular formula is C18H22N2O3S. The number of benzene rings is 1. The van der Waals surface area contributed by atoms with Crippen LogP contribution in [-0.4, -0.2) is 42.8 Å². The molecule has 0 aromatic heterocycles. The number of methoxy groups -OCH3 is 2. The molecule has 0 radical (unpaired) electrons. The number of hydrogen-bond donors (Lipinski definition) is 0. The second-order valence-electron chi connectivity index (χ2n) is 5.96. The largest absolute Gasteiger partial charge is 0.497 e. The quantitative estimate of drug-likeness (QED) is 0.784. The molecular weight excluding hydrogens is 324 g/mol. The molecule has 0 unspecified atom stereocenters. The number of carbonyl (C=O) groups excluding carboxylic acids is 1. The highest BCUT2D eigenvalue weighted by atomic mass is 32.2. The number of aliphatic imine (C=N–C) groups is 1. The topological polar surface area (TPSA) is 51.1 Å². The highest BCUT2D eigenvalue weighted by Crippen LogP contribution is 2.35. The van der Waals surface area contributed by atoms with Crippen molar-refractivity contribution in [2.24, 2.45) is 4.99 Å². The maximum absolute atomic E-state index is 12.3. The summed E-state index contributed by atoms with van der Waals surface area (Å²) in [5.41, 5.74) is 0.816. The van der Waals surface area contributed by atoms with Crippen LogP contribution in [0, 0.1) is 0 Å². The maximum atomic E-state index is 12.3. The predicted molar refractivity (Wildman–Crippen MR) is 97.6 cm³/mol. The van der Waals surface area contributed by atoms with Crippen LogP contribution in [0.4, 0.5) is 0 Å². The van der Waals surface area contributed by atoms with Crippen LogP contribution in [0.2, 0.25) is 0 Å². The molecule has 2 heterocycles. The van der Waals surface area contributed by atoms with E-state index in [0.29, 0.717) is 16.7 Å². The van der Waals surface area contributed by atoms with E-state index in [2.05, 4.69) is 16.8 Å². The minimum atomic E-state index is -0.183. The molecule has 1 amide bonds. The molecule has 1 aromatic rings. The number of amides is 1. The molecule has 5 nitrogen and oxygen atoms in total. The van der Waals surface area contributed by atoms with Crippen LogP contribution in [0.3, 0.4) is 0 Å². The Bertz CT molecular complexity index is 700. The molecule has 24 heavy (non-hydrogen) atoms. The van der Waals surface area contributed by atoms with Crippen LogP contribution in [0.5, 0.6) is 11.5 Å². The van der Waals surface area contributed by atoms with Crippen molar-refractivity contribution < 1.29 is 14.3 Å². The Labute approximate surface area is 146 Å². The highest BCUT2D eigenvalue weighted by Gasteiger charge is 2.30. The molecule has 2 aliphatic rings. The standard InChI is InChI=1S/C18H22N2O3S/c1-12-6-4-5-9-20(12)18-19-17(21)16(24-18)11-13-10-14(22-2)7-8-15(13)23-3/h7-8,10-12H,4-6,9H2,1-3H3/b16-11+/t12-/m0/s1. The average Bonchev–Trinajstić information content (AvgIpc) is 2.95. The number of likely N-dealkylation sites (tertiary alicyclic amines) is 1. The zero-order valence-electron chi connectivity index (χ0n) is 14.2. The molecule has 1 saturated heterocycles. The Morgan fingerprint density at radius 1 is 1.29 bits per heavy atom. The lowest BCUT2D eigenvalue weighted by atomic mass is 10.1. The number of amidine groups is 1. The summed E-state index contributed by atoms with van der Waals surface area (Å²) >= 11 is 1.45. The number of hydrogen-bond acceptors (Lipinski definition) is 5. The molecule has 0 saturated carbocycles. The van der Waals surface area contributed by atoms with Gasteiger partial charge in [-0.05, 0) is 62.2 Å². The van der Waals surface area contributed by atoms with Gasteiger partial charge in [-0.25, -0.2) is 0 Å². The van der Waals surface area contributed by atoms with Crippen LogP contribution >= 0.6 is 11.8 Å². The van der Waals surface area contributed by atoms with E-state index < -0.39 is 0 Å². The minimum absolute atomic E-state index is 0.183. The van der Waals surface area contributed by atoms with Crippen molar-refractivity contribution in [2.45, 2.75) is 32.2 Å². The molecule has 128 valence electrons. The van der Waals surface area contributed by atoms with Crippen molar-refractivity contribution in [2.75, 3.05) is 20.8 Å². The number of piperidine rings is 1. The molecule has 1 atom stereocenters. The molecule has 3 rings (SSSR count). The number of carbonyl (C=O) groups is 1. The first-order chi connectivity index (χ1) is 11.6. The predicted octanol–water partition coefficient (Wildman–Crippen LogP) is 3.55. The van der Waals surface area contributed by atoms with E-state index >= 15 is 0 Å². The highest BCUT2D eigenvalue weighted by molar-refractivity contribution is 8.18. The first-order valence-electron chi connectivity index (χ1n) is 8.13. The van der Waals surface area contributed by atoms with E-state index in [1.807, 2.05) is 24.3 Å². The van der Waals surface area contributed by atoms with Gasteiger partial charge in [0.25, 0.3) is 5.91 Å². The van der Waals surface area contributed by atoms with Gasteiger partial charge in [0.15, 0.2) is 5.17 Å². The molecule has 0 spiro atoms. The monoisotopic (exact) mass is 346 g/mol. The molecule has 0 N–H and O–H groups in total. The fourth-order valence-corrected chi connectivity index (χ4v) is 4.03. The van der Waals surface area contributed by atoms with E-state index in [-0.39, 0.29) is 5.91 Å². The van der Waals surface area contributed by atoms with Gasteiger partial charge in [0.1, 0.15) is 11.5 Å². The van der Waals surface area contributed by atoms with E-state index in [1.54, 1.807) is 14.2 Å². The normalized spacial score (nSPS) is 22.7. The Hall–Kier alpha value is -1.95. The summed E-state index contributed by atoms with van der Waals surface area (Å²) < 4.78 is 10.6. The van der Waals surface area contributed by atoms with Crippen molar-refractivity contribution in [3.63, 3.8) is 0 Å². The van der Waals surface area contributed by atoms with Gasteiger partial charge in [0.2, 0.25) is 0 Å². The second-order valence-corrected chi connectivity index (χ2v) is 6.97. The Morgan fingerprint density at radius 2 is 2.12 bits per heavy atom. The zero-order chi connectivity index (χ0) is 17.1. The van der Waals surface area contributed by atoms with Crippen LogP contribution in [0.1, 0.15) is 31.7 Å². The van der Waals surface area contributed by atoms with Gasteiger partial charge in [-0.1, -0.05) is 0 Å². The SMILES string of the molecule is COc1ccc(OC)c(/C=C2/SC(N3CCCC[C@@H]3C)=NC2=O)c1. The summed E-state index contributed by atoms with van der Waals surface area (Å²) in [5, 5.41) is 0.820. The summed E-state index contributed by atoms with van der Waals surface area (Å²) in [6, 6.07) is 5.97. The lowest BCUT2D eigenvalue weighted by Crippen LogP contribution is -2.40. The molecule has 6 heteroatoms. The summed E-state index contributed by atoms with van der Waals surface area (Å²) in [5.74, 6) is 1.25. The third kappa shape index (κ3) is 3.43. The fourth-order valence-electron chi connectivity index (χ4n) is 3.00. The minimum Gasteiger partial charge on any atom is -0.497 e. The summed E-state index contributed by atoms with van der Waals surface area (Å²) in [4.78, 5) is 19.4. The lowest BCUT2D eigenvalue weighted by Gasteiger charge is -2.34. The van der Waals surface area contributed by atoms with E-state index in [9.17, 15) is 4.79 Å². The average molecular weight is 346 g/mol. The Kier molecular flexibility index (Phi) is 5.14. The molecule has 0 aliphatic carbocycles.